The molecule has 1 aromatic carbocycles. The van der Waals surface area contributed by atoms with Crippen LogP contribution in [0, 0.1) is 0 Å². The summed E-state index contributed by atoms with van der Waals surface area (Å²) in [6, 6.07) is 8.63. The van der Waals surface area contributed by atoms with Gasteiger partial charge in [0.2, 0.25) is 5.88 Å². The van der Waals surface area contributed by atoms with Crippen molar-refractivity contribution in [1.82, 2.24) is 4.98 Å². The molecular formula is C11H7Cl2NO3S. The smallest absolute Gasteiger partial charge is 0.340 e. The van der Waals surface area contributed by atoms with E-state index < -0.39 is 10.1 Å². The van der Waals surface area contributed by atoms with E-state index in [0.717, 1.165) is 0 Å². The second kappa shape index (κ2) is 5.14. The van der Waals surface area contributed by atoms with E-state index >= 15 is 0 Å². The third-order valence-corrected chi connectivity index (χ3v) is 3.97. The van der Waals surface area contributed by atoms with Crippen molar-refractivity contribution < 1.29 is 12.6 Å². The zero-order valence-corrected chi connectivity index (χ0v) is 11.2. The van der Waals surface area contributed by atoms with Crippen LogP contribution in [0.1, 0.15) is 0 Å². The Balaban J connectivity index is 2.34. The molecule has 0 atom stereocenters. The maximum absolute atomic E-state index is 11.9. The Bertz CT molecular complexity index is 659. The Hall–Kier alpha value is -1.30. The summed E-state index contributed by atoms with van der Waals surface area (Å²) in [6.45, 7) is 0. The highest BCUT2D eigenvalue weighted by molar-refractivity contribution is 7.87. The lowest BCUT2D eigenvalue weighted by Crippen LogP contribution is -2.10. The maximum atomic E-state index is 11.9. The Morgan fingerprint density at radius 1 is 1.06 bits per heavy atom. The van der Waals surface area contributed by atoms with Gasteiger partial charge in [0.05, 0.1) is 10.0 Å². The van der Waals surface area contributed by atoms with E-state index in [0.29, 0.717) is 0 Å². The van der Waals surface area contributed by atoms with Gasteiger partial charge in [-0.2, -0.15) is 8.42 Å². The highest BCUT2D eigenvalue weighted by Crippen LogP contribution is 2.26. The highest BCUT2D eigenvalue weighted by Gasteiger charge is 2.18. The number of aromatic nitrogens is 1. The highest BCUT2D eigenvalue weighted by atomic mass is 35.5. The first kappa shape index (κ1) is 13.1. The first-order valence-corrected chi connectivity index (χ1v) is 6.96. The molecule has 94 valence electrons. The van der Waals surface area contributed by atoms with Gasteiger partial charge in [-0.3, -0.25) is 0 Å². The summed E-state index contributed by atoms with van der Waals surface area (Å²) in [7, 11) is -3.96. The molecule has 0 saturated carbocycles. The summed E-state index contributed by atoms with van der Waals surface area (Å²) >= 11 is 11.5. The van der Waals surface area contributed by atoms with E-state index in [2.05, 4.69) is 4.98 Å². The van der Waals surface area contributed by atoms with Crippen LogP contribution in [0.4, 0.5) is 0 Å². The van der Waals surface area contributed by atoms with Gasteiger partial charge in [-0.15, -0.1) is 0 Å². The molecule has 7 heteroatoms. The molecule has 0 N–H and O–H groups in total. The first-order valence-electron chi connectivity index (χ1n) is 4.79. The molecule has 0 aliphatic heterocycles. The van der Waals surface area contributed by atoms with Crippen LogP contribution in [-0.2, 0) is 10.1 Å². The second-order valence-corrected chi connectivity index (χ2v) is 5.64. The number of benzene rings is 1. The van der Waals surface area contributed by atoms with Crippen LogP contribution in [0.5, 0.6) is 5.88 Å². The van der Waals surface area contributed by atoms with Crippen molar-refractivity contribution in [2.75, 3.05) is 0 Å². The fourth-order valence-electron chi connectivity index (χ4n) is 1.19. The standard InChI is InChI=1S/C11H7Cl2NO3S/c12-9-5-4-8(7-10(9)13)18(15,16)17-11-3-1-2-6-14-11/h1-7H. The van der Waals surface area contributed by atoms with Crippen molar-refractivity contribution in [1.29, 1.82) is 0 Å². The zero-order chi connectivity index (χ0) is 13.2. The lowest BCUT2D eigenvalue weighted by Gasteiger charge is -2.06. The first-order chi connectivity index (χ1) is 8.49. The minimum Gasteiger partial charge on any atom is -0.358 e. The Labute approximate surface area is 114 Å². The van der Waals surface area contributed by atoms with Crippen LogP contribution < -0.4 is 4.18 Å². The summed E-state index contributed by atoms with van der Waals surface area (Å²) in [5.41, 5.74) is 0. The minimum absolute atomic E-state index is 0.0106. The SMILES string of the molecule is O=S(=O)(Oc1ccccn1)c1ccc(Cl)c(Cl)c1. The van der Waals surface area contributed by atoms with Crippen molar-refractivity contribution >= 4 is 33.3 Å². The Kier molecular flexibility index (Phi) is 3.75. The molecule has 0 aliphatic carbocycles. The van der Waals surface area contributed by atoms with Crippen molar-refractivity contribution in [2.45, 2.75) is 4.90 Å². The van der Waals surface area contributed by atoms with E-state index in [4.69, 9.17) is 27.4 Å². The van der Waals surface area contributed by atoms with Gasteiger partial charge >= 0.3 is 10.1 Å². The van der Waals surface area contributed by atoms with Crippen LogP contribution >= 0.6 is 23.2 Å². The molecule has 2 aromatic rings. The maximum Gasteiger partial charge on any atom is 0.340 e. The Morgan fingerprint density at radius 2 is 1.83 bits per heavy atom. The molecule has 0 amide bonds. The summed E-state index contributed by atoms with van der Waals surface area (Å²) in [4.78, 5) is 3.69. The van der Waals surface area contributed by atoms with Gasteiger partial charge < -0.3 is 4.18 Å². The Morgan fingerprint density at radius 3 is 2.44 bits per heavy atom. The van der Waals surface area contributed by atoms with E-state index in [1.807, 2.05) is 0 Å². The van der Waals surface area contributed by atoms with Gasteiger partial charge in [0, 0.05) is 12.3 Å². The molecule has 0 radical (unpaired) electrons. The summed E-state index contributed by atoms with van der Waals surface area (Å²) in [5, 5.41) is 0.413. The molecule has 1 aromatic heterocycles. The number of hydrogen-bond donors (Lipinski definition) is 0. The van der Waals surface area contributed by atoms with Gasteiger partial charge in [-0.25, -0.2) is 4.98 Å². The molecule has 18 heavy (non-hydrogen) atoms. The molecule has 0 bridgehead atoms. The van der Waals surface area contributed by atoms with Crippen molar-refractivity contribution in [3.63, 3.8) is 0 Å². The number of nitrogens with zero attached hydrogens (tertiary/aromatic N) is 1. The van der Waals surface area contributed by atoms with Crippen molar-refractivity contribution in [2.24, 2.45) is 0 Å². The monoisotopic (exact) mass is 303 g/mol. The van der Waals surface area contributed by atoms with Crippen LogP contribution in [0.25, 0.3) is 0 Å². The van der Waals surface area contributed by atoms with Crippen LogP contribution in [0.3, 0.4) is 0 Å². The van der Waals surface area contributed by atoms with Gasteiger partial charge in [-0.05, 0) is 24.3 Å². The van der Waals surface area contributed by atoms with Crippen molar-refractivity contribution in [3.8, 4) is 5.88 Å². The lowest BCUT2D eigenvalue weighted by atomic mass is 10.4. The predicted molar refractivity (Wildman–Crippen MR) is 68.5 cm³/mol. The van der Waals surface area contributed by atoms with E-state index in [-0.39, 0.29) is 20.8 Å². The third-order valence-electron chi connectivity index (χ3n) is 2.01. The molecular weight excluding hydrogens is 297 g/mol. The summed E-state index contributed by atoms with van der Waals surface area (Å²) in [6.07, 6.45) is 1.43. The summed E-state index contributed by atoms with van der Waals surface area (Å²) < 4.78 is 28.6. The molecule has 2 rings (SSSR count). The fraction of sp³-hybridized carbons (Fsp3) is 0. The number of rotatable bonds is 3. The molecule has 4 nitrogen and oxygen atoms in total. The van der Waals surface area contributed by atoms with E-state index in [1.165, 1.54) is 30.5 Å². The molecule has 0 spiro atoms. The molecule has 1 heterocycles. The van der Waals surface area contributed by atoms with Gasteiger partial charge in [-0.1, -0.05) is 29.3 Å². The quantitative estimate of drug-likeness (QED) is 0.817. The lowest BCUT2D eigenvalue weighted by molar-refractivity contribution is 0.476. The zero-order valence-electron chi connectivity index (χ0n) is 8.88. The summed E-state index contributed by atoms with van der Waals surface area (Å²) in [5.74, 6) is -0.0106. The van der Waals surface area contributed by atoms with Crippen molar-refractivity contribution in [3.05, 3.63) is 52.6 Å². The third kappa shape index (κ3) is 2.93. The van der Waals surface area contributed by atoms with Crippen LogP contribution in [0.2, 0.25) is 10.0 Å². The molecule has 0 saturated heterocycles. The average molecular weight is 304 g/mol. The second-order valence-electron chi connectivity index (χ2n) is 3.28. The number of pyridine rings is 1. The fourth-order valence-corrected chi connectivity index (χ4v) is 2.47. The predicted octanol–water partition coefficient (Wildman–Crippen LogP) is 3.16. The van der Waals surface area contributed by atoms with E-state index in [9.17, 15) is 8.42 Å². The number of halogens is 2. The molecule has 0 unspecified atom stereocenters. The molecule has 0 fully saturated rings. The normalized spacial score (nSPS) is 11.2. The molecule has 0 aliphatic rings. The van der Waals surface area contributed by atoms with Gasteiger partial charge in [0.25, 0.3) is 0 Å². The number of hydrogen-bond acceptors (Lipinski definition) is 4. The van der Waals surface area contributed by atoms with Gasteiger partial charge in [0.1, 0.15) is 4.90 Å². The van der Waals surface area contributed by atoms with Gasteiger partial charge in [0.15, 0.2) is 0 Å². The van der Waals surface area contributed by atoms with Crippen LogP contribution in [0.15, 0.2) is 47.5 Å². The minimum atomic E-state index is -3.96. The topological polar surface area (TPSA) is 56.3 Å². The largest absolute Gasteiger partial charge is 0.358 e. The van der Waals surface area contributed by atoms with Crippen LogP contribution in [-0.4, -0.2) is 13.4 Å². The van der Waals surface area contributed by atoms with E-state index in [1.54, 1.807) is 12.1 Å². The average Bonchev–Trinajstić information content (AvgIpc) is 2.33.